The van der Waals surface area contributed by atoms with Crippen molar-refractivity contribution < 1.29 is 15.3 Å². The summed E-state index contributed by atoms with van der Waals surface area (Å²) < 4.78 is 1.74. The molecule has 5 atom stereocenters. The Hall–Kier alpha value is -1.68. The molecule has 0 amide bonds. The lowest BCUT2D eigenvalue weighted by Gasteiger charge is -2.33. The Kier molecular flexibility index (Phi) is 4.76. The molecule has 1 saturated carbocycles. The minimum Gasteiger partial charge on any atom is -0.396 e. The van der Waals surface area contributed by atoms with Gasteiger partial charge in [-0.05, 0) is 18.6 Å². The number of fused-ring (bicyclic) bond motifs is 1. The van der Waals surface area contributed by atoms with Crippen LogP contribution >= 0.6 is 11.8 Å². The second-order valence-corrected chi connectivity index (χ2v) is 7.20. The van der Waals surface area contributed by atoms with Gasteiger partial charge < -0.3 is 25.6 Å². The minimum absolute atomic E-state index is 0.108. The Bertz CT molecular complexity index is 797. The third kappa shape index (κ3) is 2.53. The van der Waals surface area contributed by atoms with Crippen LogP contribution in [0.4, 0.5) is 5.82 Å². The quantitative estimate of drug-likeness (QED) is 0.344. The fourth-order valence-electron chi connectivity index (χ4n) is 4.00. The number of nitrogens with two attached hydrogens (primary N) is 1. The van der Waals surface area contributed by atoms with Crippen LogP contribution in [0.5, 0.6) is 0 Å². The van der Waals surface area contributed by atoms with E-state index in [1.807, 2.05) is 13.2 Å². The van der Waals surface area contributed by atoms with Gasteiger partial charge in [-0.25, -0.2) is 15.0 Å². The van der Waals surface area contributed by atoms with Gasteiger partial charge in [0.2, 0.25) is 0 Å². The Morgan fingerprint density at radius 1 is 1.44 bits per heavy atom. The SMILES string of the molecule is C=C[C@]1(CCO)[C@H](C)C(n2cnc3c(N)nc(SC)nc32)[C@H](O)[C@@H]1O. The van der Waals surface area contributed by atoms with Gasteiger partial charge in [-0.15, -0.1) is 6.58 Å². The van der Waals surface area contributed by atoms with Crippen molar-refractivity contribution in [2.45, 2.75) is 36.8 Å². The standard InChI is InChI=1S/C16H23N5O3S/c1-4-16(5-6-22)8(2)10(11(23)12(16)24)21-7-18-9-13(17)19-15(25-3)20-14(9)21/h4,7-8,10-12,22-24H,1,5-6H2,2-3H3,(H2,17,19,20)/t8-,10?,11+,12+,16+/m1/s1. The molecule has 0 aromatic carbocycles. The zero-order chi connectivity index (χ0) is 18.4. The van der Waals surface area contributed by atoms with Gasteiger partial charge in [-0.1, -0.05) is 24.8 Å². The van der Waals surface area contributed by atoms with E-state index in [-0.39, 0.29) is 18.3 Å². The van der Waals surface area contributed by atoms with Crippen LogP contribution in [-0.4, -0.2) is 59.9 Å². The van der Waals surface area contributed by atoms with Crippen LogP contribution in [0.25, 0.3) is 11.2 Å². The van der Waals surface area contributed by atoms with Crippen LogP contribution in [0.1, 0.15) is 19.4 Å². The number of thioether (sulfide) groups is 1. The topological polar surface area (TPSA) is 130 Å². The van der Waals surface area contributed by atoms with E-state index in [1.54, 1.807) is 17.0 Å². The third-order valence-corrected chi connectivity index (χ3v) is 5.99. The summed E-state index contributed by atoms with van der Waals surface area (Å²) in [5.74, 6) is 0.0765. The number of nitrogen functional groups attached to an aromatic ring is 1. The molecule has 0 radical (unpaired) electrons. The lowest BCUT2D eigenvalue weighted by molar-refractivity contribution is -0.0211. The third-order valence-electron chi connectivity index (χ3n) is 5.44. The first kappa shape index (κ1) is 18.1. The predicted octanol–water partition coefficient (Wildman–Crippen LogP) is 0.598. The second kappa shape index (κ2) is 6.56. The minimum atomic E-state index is -1.05. The highest BCUT2D eigenvalue weighted by Gasteiger charge is 2.56. The number of imidazole rings is 1. The zero-order valence-electron chi connectivity index (χ0n) is 14.2. The Labute approximate surface area is 149 Å². The first-order valence-corrected chi connectivity index (χ1v) is 9.28. The van der Waals surface area contributed by atoms with Gasteiger partial charge in [0, 0.05) is 12.0 Å². The molecule has 25 heavy (non-hydrogen) atoms. The van der Waals surface area contributed by atoms with Crippen molar-refractivity contribution in [2.24, 2.45) is 11.3 Å². The molecule has 0 spiro atoms. The highest BCUT2D eigenvalue weighted by molar-refractivity contribution is 7.98. The molecule has 1 aliphatic rings. The molecular formula is C16H23N5O3S. The monoisotopic (exact) mass is 365 g/mol. The van der Waals surface area contributed by atoms with Crippen LogP contribution in [0.2, 0.25) is 0 Å². The average molecular weight is 365 g/mol. The molecule has 1 unspecified atom stereocenters. The Morgan fingerprint density at radius 3 is 2.76 bits per heavy atom. The summed E-state index contributed by atoms with van der Waals surface area (Å²) >= 11 is 1.36. The summed E-state index contributed by atoms with van der Waals surface area (Å²) in [6.07, 6.45) is 3.26. The molecule has 3 rings (SSSR count). The predicted molar refractivity (Wildman–Crippen MR) is 96.1 cm³/mol. The first-order valence-electron chi connectivity index (χ1n) is 8.06. The summed E-state index contributed by atoms with van der Waals surface area (Å²) in [5, 5.41) is 31.4. The lowest BCUT2D eigenvalue weighted by atomic mass is 9.74. The number of rotatable bonds is 5. The molecule has 0 aliphatic heterocycles. The molecule has 2 heterocycles. The molecule has 1 aliphatic carbocycles. The van der Waals surface area contributed by atoms with E-state index in [1.165, 1.54) is 11.8 Å². The van der Waals surface area contributed by atoms with Gasteiger partial charge in [-0.2, -0.15) is 0 Å². The van der Waals surface area contributed by atoms with Crippen LogP contribution in [-0.2, 0) is 0 Å². The number of hydrogen-bond donors (Lipinski definition) is 4. The van der Waals surface area contributed by atoms with E-state index in [9.17, 15) is 15.3 Å². The van der Waals surface area contributed by atoms with Gasteiger partial charge in [0.05, 0.1) is 18.5 Å². The summed E-state index contributed by atoms with van der Waals surface area (Å²) in [5.41, 5.74) is 6.15. The fraction of sp³-hybridized carbons (Fsp3) is 0.562. The average Bonchev–Trinajstić information content (AvgIpc) is 3.09. The summed E-state index contributed by atoms with van der Waals surface area (Å²) in [7, 11) is 0. The molecule has 5 N–H and O–H groups in total. The van der Waals surface area contributed by atoms with Crippen molar-refractivity contribution in [1.82, 2.24) is 19.5 Å². The largest absolute Gasteiger partial charge is 0.396 e. The van der Waals surface area contributed by atoms with E-state index in [4.69, 9.17) is 5.73 Å². The number of nitrogens with zero attached hydrogens (tertiary/aromatic N) is 4. The fourth-order valence-corrected chi connectivity index (χ4v) is 4.37. The van der Waals surface area contributed by atoms with Gasteiger partial charge in [0.15, 0.2) is 16.6 Å². The Morgan fingerprint density at radius 2 is 2.16 bits per heavy atom. The molecule has 2 aromatic heterocycles. The molecular weight excluding hydrogens is 342 g/mol. The van der Waals surface area contributed by atoms with Crippen molar-refractivity contribution in [1.29, 1.82) is 0 Å². The molecule has 0 saturated heterocycles. The van der Waals surface area contributed by atoms with Gasteiger partial charge in [0.25, 0.3) is 0 Å². The number of aliphatic hydroxyl groups is 3. The number of aromatic nitrogens is 4. The molecule has 1 fully saturated rings. The maximum absolute atomic E-state index is 10.7. The molecule has 136 valence electrons. The second-order valence-electron chi connectivity index (χ2n) is 6.42. The van der Waals surface area contributed by atoms with Crippen LogP contribution in [0.3, 0.4) is 0 Å². The van der Waals surface area contributed by atoms with E-state index < -0.39 is 23.7 Å². The smallest absolute Gasteiger partial charge is 0.191 e. The van der Waals surface area contributed by atoms with Crippen LogP contribution in [0, 0.1) is 11.3 Å². The van der Waals surface area contributed by atoms with Gasteiger partial charge >= 0.3 is 0 Å². The molecule has 2 aromatic rings. The van der Waals surface area contributed by atoms with Crippen molar-refractivity contribution in [3.05, 3.63) is 19.0 Å². The van der Waals surface area contributed by atoms with Crippen LogP contribution in [0.15, 0.2) is 24.1 Å². The maximum atomic E-state index is 10.7. The molecule has 9 heteroatoms. The highest BCUT2D eigenvalue weighted by Crippen LogP contribution is 2.52. The Balaban J connectivity index is 2.14. The van der Waals surface area contributed by atoms with E-state index in [0.29, 0.717) is 22.7 Å². The van der Waals surface area contributed by atoms with Crippen molar-refractivity contribution in [3.8, 4) is 0 Å². The summed E-state index contributed by atoms with van der Waals surface area (Å²) in [6, 6.07) is -0.478. The number of anilines is 1. The molecule has 0 bridgehead atoms. The zero-order valence-corrected chi connectivity index (χ0v) is 15.0. The lowest BCUT2D eigenvalue weighted by Crippen LogP contribution is -2.37. The summed E-state index contributed by atoms with van der Waals surface area (Å²) in [6.45, 7) is 5.65. The maximum Gasteiger partial charge on any atom is 0.191 e. The van der Waals surface area contributed by atoms with E-state index in [2.05, 4.69) is 21.5 Å². The number of hydrogen-bond acceptors (Lipinski definition) is 8. The van der Waals surface area contributed by atoms with E-state index >= 15 is 0 Å². The van der Waals surface area contributed by atoms with Gasteiger partial charge in [-0.3, -0.25) is 0 Å². The van der Waals surface area contributed by atoms with Crippen molar-refractivity contribution >= 4 is 28.7 Å². The van der Waals surface area contributed by atoms with Crippen LogP contribution < -0.4 is 5.73 Å². The number of aliphatic hydroxyl groups excluding tert-OH is 3. The highest BCUT2D eigenvalue weighted by atomic mass is 32.2. The van der Waals surface area contributed by atoms with E-state index in [0.717, 1.165) is 0 Å². The molecule has 8 nitrogen and oxygen atoms in total. The van der Waals surface area contributed by atoms with Crippen molar-refractivity contribution in [3.63, 3.8) is 0 Å². The van der Waals surface area contributed by atoms with Crippen molar-refractivity contribution in [2.75, 3.05) is 18.6 Å². The first-order chi connectivity index (χ1) is 11.9. The normalized spacial score (nSPS) is 32.4. The summed E-state index contributed by atoms with van der Waals surface area (Å²) in [4.78, 5) is 12.9. The van der Waals surface area contributed by atoms with Gasteiger partial charge in [0.1, 0.15) is 11.6 Å².